The van der Waals surface area contributed by atoms with Gasteiger partial charge >= 0.3 is 5.97 Å². The first-order valence-electron chi connectivity index (χ1n) is 3.39. The Balaban J connectivity index is 4.28. The Kier molecular flexibility index (Phi) is 4.24. The third-order valence-electron chi connectivity index (χ3n) is 1.52. The van der Waals surface area contributed by atoms with Gasteiger partial charge in [-0.05, 0) is 6.42 Å². The molecule has 6 N–H and O–H groups in total. The molecule has 1 amide bonds. The van der Waals surface area contributed by atoms with E-state index in [1.54, 1.807) is 0 Å². The van der Waals surface area contributed by atoms with Crippen molar-refractivity contribution in [3.63, 3.8) is 0 Å². The average molecular weight is 176 g/mol. The molecule has 0 heterocycles. The molecule has 0 saturated carbocycles. The molecule has 0 radical (unpaired) electrons. The van der Waals surface area contributed by atoms with E-state index < -0.39 is 23.8 Å². The van der Waals surface area contributed by atoms with Crippen molar-refractivity contribution in [2.24, 2.45) is 17.4 Å². The maximum atomic E-state index is 10.6. The first kappa shape index (κ1) is 10.9. The van der Waals surface area contributed by atoms with Crippen LogP contribution in [-0.2, 0) is 9.59 Å². The number of nitrogens with two attached hydrogens (primary N) is 2. The summed E-state index contributed by atoms with van der Waals surface area (Å²) >= 11 is 0. The maximum absolute atomic E-state index is 10.6. The highest BCUT2D eigenvalue weighted by atomic mass is 16.4. The van der Waals surface area contributed by atoms with Crippen LogP contribution < -0.4 is 11.5 Å². The van der Waals surface area contributed by atoms with Crippen molar-refractivity contribution in [3.05, 3.63) is 0 Å². The maximum Gasteiger partial charge on any atom is 0.321 e. The first-order valence-corrected chi connectivity index (χ1v) is 3.39. The van der Waals surface area contributed by atoms with Crippen LogP contribution in [-0.4, -0.2) is 34.7 Å². The van der Waals surface area contributed by atoms with Gasteiger partial charge in [-0.25, -0.2) is 0 Å². The van der Waals surface area contributed by atoms with Crippen LogP contribution >= 0.6 is 0 Å². The van der Waals surface area contributed by atoms with E-state index in [0.29, 0.717) is 0 Å². The molecular weight excluding hydrogens is 164 g/mol. The second kappa shape index (κ2) is 4.68. The zero-order chi connectivity index (χ0) is 9.72. The van der Waals surface area contributed by atoms with Crippen LogP contribution in [0.3, 0.4) is 0 Å². The van der Waals surface area contributed by atoms with E-state index in [-0.39, 0.29) is 13.0 Å². The summed E-state index contributed by atoms with van der Waals surface area (Å²) in [5, 5.41) is 16.9. The van der Waals surface area contributed by atoms with Gasteiger partial charge in [0.25, 0.3) is 0 Å². The highest BCUT2D eigenvalue weighted by molar-refractivity contribution is 5.85. The quantitative estimate of drug-likeness (QED) is 0.381. The Hall–Kier alpha value is -1.14. The summed E-state index contributed by atoms with van der Waals surface area (Å²) in [6, 6.07) is -1.34. The van der Waals surface area contributed by atoms with Crippen LogP contribution in [0.15, 0.2) is 0 Å². The molecule has 0 fully saturated rings. The second-order valence-corrected chi connectivity index (χ2v) is 2.39. The number of carboxylic acid groups (broad SMARTS) is 1. The average Bonchev–Trinajstić information content (AvgIpc) is 1.98. The predicted octanol–water partition coefficient (Wildman–Crippen LogP) is -2.12. The van der Waals surface area contributed by atoms with Gasteiger partial charge in [0.2, 0.25) is 5.91 Å². The first-order chi connectivity index (χ1) is 5.50. The molecule has 0 aliphatic carbocycles. The third-order valence-corrected chi connectivity index (χ3v) is 1.52. The standard InChI is InChI=1S/C6H12N2O4/c7-4(6(11)12)3(1-2-9)5(8)10/h3-4,9H,1-2,7H2,(H2,8,10)(H,11,12)/t3?,4-/m0/s1. The molecule has 0 aliphatic heterocycles. The molecular formula is C6H12N2O4. The number of aliphatic hydroxyl groups is 1. The molecule has 2 atom stereocenters. The van der Waals surface area contributed by atoms with Crippen LogP contribution in [0.25, 0.3) is 0 Å². The summed E-state index contributed by atoms with van der Waals surface area (Å²) in [4.78, 5) is 20.9. The zero-order valence-corrected chi connectivity index (χ0v) is 6.43. The summed E-state index contributed by atoms with van der Waals surface area (Å²) in [6.45, 7) is -0.311. The van der Waals surface area contributed by atoms with E-state index in [4.69, 9.17) is 21.7 Å². The lowest BCUT2D eigenvalue weighted by Crippen LogP contribution is -2.44. The van der Waals surface area contributed by atoms with Crippen molar-refractivity contribution < 1.29 is 19.8 Å². The number of hydrogen-bond donors (Lipinski definition) is 4. The number of hydrogen-bond acceptors (Lipinski definition) is 4. The van der Waals surface area contributed by atoms with Gasteiger partial charge in [-0.3, -0.25) is 9.59 Å². The van der Waals surface area contributed by atoms with Crippen LogP contribution in [0.2, 0.25) is 0 Å². The topological polar surface area (TPSA) is 127 Å². The largest absolute Gasteiger partial charge is 0.480 e. The number of aliphatic hydroxyl groups excluding tert-OH is 1. The SMILES string of the molecule is NC(=O)C(CCO)[C@H](N)C(=O)O. The highest BCUT2D eigenvalue weighted by Gasteiger charge is 2.28. The smallest absolute Gasteiger partial charge is 0.321 e. The fourth-order valence-corrected chi connectivity index (χ4v) is 0.810. The van der Waals surface area contributed by atoms with Crippen molar-refractivity contribution in [2.75, 3.05) is 6.61 Å². The second-order valence-electron chi connectivity index (χ2n) is 2.39. The number of primary amides is 1. The lowest BCUT2D eigenvalue weighted by Gasteiger charge is -2.15. The Morgan fingerprint density at radius 1 is 1.42 bits per heavy atom. The monoisotopic (exact) mass is 176 g/mol. The summed E-state index contributed by atoms with van der Waals surface area (Å²) in [6.07, 6.45) is -0.0250. The molecule has 0 rings (SSSR count). The fraction of sp³-hybridized carbons (Fsp3) is 0.667. The normalized spacial score (nSPS) is 15.2. The van der Waals surface area contributed by atoms with Crippen LogP contribution in [0, 0.1) is 5.92 Å². The molecule has 70 valence electrons. The van der Waals surface area contributed by atoms with Gasteiger partial charge in [0, 0.05) is 6.61 Å². The molecule has 0 aromatic carbocycles. The van der Waals surface area contributed by atoms with E-state index in [2.05, 4.69) is 0 Å². The Morgan fingerprint density at radius 3 is 2.17 bits per heavy atom. The molecule has 12 heavy (non-hydrogen) atoms. The van der Waals surface area contributed by atoms with Crippen molar-refractivity contribution in [1.29, 1.82) is 0 Å². The molecule has 0 spiro atoms. The van der Waals surface area contributed by atoms with Crippen LogP contribution in [0.4, 0.5) is 0 Å². The van der Waals surface area contributed by atoms with Gasteiger partial charge in [0.1, 0.15) is 6.04 Å². The Labute approximate surface area is 69.2 Å². The van der Waals surface area contributed by atoms with E-state index in [1.807, 2.05) is 0 Å². The highest BCUT2D eigenvalue weighted by Crippen LogP contribution is 2.06. The van der Waals surface area contributed by atoms with Gasteiger partial charge in [0.05, 0.1) is 5.92 Å². The van der Waals surface area contributed by atoms with Gasteiger partial charge < -0.3 is 21.7 Å². The fourth-order valence-electron chi connectivity index (χ4n) is 0.810. The lowest BCUT2D eigenvalue weighted by atomic mass is 9.97. The van der Waals surface area contributed by atoms with Crippen molar-refractivity contribution >= 4 is 11.9 Å². The van der Waals surface area contributed by atoms with Gasteiger partial charge in [-0.1, -0.05) is 0 Å². The van der Waals surface area contributed by atoms with Crippen LogP contribution in [0.5, 0.6) is 0 Å². The summed E-state index contributed by atoms with van der Waals surface area (Å²) in [7, 11) is 0. The molecule has 0 saturated heterocycles. The molecule has 6 nitrogen and oxygen atoms in total. The summed E-state index contributed by atoms with van der Waals surface area (Å²) in [5.41, 5.74) is 10.0. The predicted molar refractivity (Wildman–Crippen MR) is 40.0 cm³/mol. The van der Waals surface area contributed by atoms with Gasteiger partial charge in [-0.15, -0.1) is 0 Å². The van der Waals surface area contributed by atoms with E-state index in [9.17, 15) is 9.59 Å². The molecule has 6 heteroatoms. The molecule has 0 bridgehead atoms. The number of carbonyl (C=O) groups is 2. The molecule has 1 unspecified atom stereocenters. The van der Waals surface area contributed by atoms with Crippen molar-refractivity contribution in [1.82, 2.24) is 0 Å². The number of amides is 1. The minimum absolute atomic E-state index is 0.0250. The molecule has 0 aromatic heterocycles. The summed E-state index contributed by atoms with van der Waals surface area (Å²) < 4.78 is 0. The van der Waals surface area contributed by atoms with Crippen LogP contribution in [0.1, 0.15) is 6.42 Å². The van der Waals surface area contributed by atoms with E-state index >= 15 is 0 Å². The minimum Gasteiger partial charge on any atom is -0.480 e. The zero-order valence-electron chi connectivity index (χ0n) is 6.43. The van der Waals surface area contributed by atoms with Gasteiger partial charge in [0.15, 0.2) is 0 Å². The Bertz CT molecular complexity index is 182. The number of carbonyl (C=O) groups excluding carboxylic acids is 1. The van der Waals surface area contributed by atoms with Gasteiger partial charge in [-0.2, -0.15) is 0 Å². The van der Waals surface area contributed by atoms with E-state index in [0.717, 1.165) is 0 Å². The molecule has 0 aromatic rings. The minimum atomic E-state index is -1.34. The number of rotatable bonds is 5. The third kappa shape index (κ3) is 2.85. The number of aliphatic carboxylic acids is 1. The summed E-state index contributed by atoms with van der Waals surface area (Å²) in [5.74, 6) is -3.11. The van der Waals surface area contributed by atoms with E-state index in [1.165, 1.54) is 0 Å². The lowest BCUT2D eigenvalue weighted by molar-refractivity contribution is -0.142. The molecule has 0 aliphatic rings. The van der Waals surface area contributed by atoms with Crippen molar-refractivity contribution in [3.8, 4) is 0 Å². The van der Waals surface area contributed by atoms with Crippen molar-refractivity contribution in [2.45, 2.75) is 12.5 Å². The Morgan fingerprint density at radius 2 is 1.92 bits per heavy atom. The number of carboxylic acids is 1.